The zero-order valence-corrected chi connectivity index (χ0v) is 11.4. The van der Waals surface area contributed by atoms with Gasteiger partial charge >= 0.3 is 5.97 Å². The van der Waals surface area contributed by atoms with Crippen LogP contribution >= 0.6 is 0 Å². The highest BCUT2D eigenvalue weighted by atomic mass is 16.5. The summed E-state index contributed by atoms with van der Waals surface area (Å²) in [6.07, 6.45) is 1.03. The van der Waals surface area contributed by atoms with Gasteiger partial charge in [0.15, 0.2) is 11.9 Å². The van der Waals surface area contributed by atoms with Gasteiger partial charge in [0.2, 0.25) is 0 Å². The van der Waals surface area contributed by atoms with Crippen molar-refractivity contribution in [3.63, 3.8) is 0 Å². The van der Waals surface area contributed by atoms with E-state index in [1.54, 1.807) is 0 Å². The Kier molecular flexibility index (Phi) is 2.64. The maximum atomic E-state index is 11.9. The number of hydrogen-bond donors (Lipinski definition) is 0. The minimum atomic E-state index is -0.535. The van der Waals surface area contributed by atoms with E-state index >= 15 is 0 Å². The van der Waals surface area contributed by atoms with Gasteiger partial charge in [0.1, 0.15) is 0 Å². The molecule has 3 nitrogen and oxygen atoms in total. The maximum Gasteiger partial charge on any atom is 0.311 e. The lowest BCUT2D eigenvalue weighted by atomic mass is 9.94. The number of fused-ring (bicyclic) bond motifs is 1. The van der Waals surface area contributed by atoms with Crippen molar-refractivity contribution in [3.05, 3.63) is 0 Å². The second-order valence-electron chi connectivity index (χ2n) is 7.03. The highest BCUT2D eigenvalue weighted by Gasteiger charge is 2.65. The van der Waals surface area contributed by atoms with E-state index in [9.17, 15) is 9.59 Å². The number of carbonyl (C=O) groups excluding carboxylic acids is 2. The summed E-state index contributed by atoms with van der Waals surface area (Å²) in [5.41, 5.74) is -0.374. The molecule has 0 saturated heterocycles. The van der Waals surface area contributed by atoms with Crippen LogP contribution in [0.25, 0.3) is 0 Å². The van der Waals surface area contributed by atoms with Crippen LogP contribution in [0, 0.1) is 22.7 Å². The highest BCUT2D eigenvalue weighted by molar-refractivity contribution is 5.88. The topological polar surface area (TPSA) is 43.4 Å². The van der Waals surface area contributed by atoms with Gasteiger partial charge in [-0.3, -0.25) is 9.59 Å². The molecule has 2 aliphatic carbocycles. The fourth-order valence-corrected chi connectivity index (χ4v) is 3.01. The van der Waals surface area contributed by atoms with Crippen molar-refractivity contribution in [1.29, 1.82) is 0 Å². The first-order valence-corrected chi connectivity index (χ1v) is 6.39. The number of Topliss-reactive ketones (excluding diaryl/α,β-unsaturated/α-hetero) is 1. The third-order valence-electron chi connectivity index (χ3n) is 4.33. The Labute approximate surface area is 103 Å². The van der Waals surface area contributed by atoms with Gasteiger partial charge < -0.3 is 4.74 Å². The van der Waals surface area contributed by atoms with Crippen LogP contribution in [-0.4, -0.2) is 17.9 Å². The summed E-state index contributed by atoms with van der Waals surface area (Å²) in [5.74, 6) is 0.640. The summed E-state index contributed by atoms with van der Waals surface area (Å²) in [6, 6.07) is 0. The zero-order valence-electron chi connectivity index (χ0n) is 11.4. The van der Waals surface area contributed by atoms with Gasteiger partial charge in [0.25, 0.3) is 0 Å². The van der Waals surface area contributed by atoms with Gasteiger partial charge in [-0.2, -0.15) is 0 Å². The van der Waals surface area contributed by atoms with Crippen LogP contribution in [0.15, 0.2) is 0 Å². The molecule has 0 aromatic rings. The predicted octanol–water partition coefficient (Wildman–Crippen LogP) is 2.58. The second-order valence-corrected chi connectivity index (χ2v) is 7.03. The quantitative estimate of drug-likeness (QED) is 0.659. The van der Waals surface area contributed by atoms with Gasteiger partial charge in [-0.05, 0) is 38.5 Å². The van der Waals surface area contributed by atoms with Crippen LogP contribution in [-0.2, 0) is 14.3 Å². The summed E-state index contributed by atoms with van der Waals surface area (Å²) >= 11 is 0. The first kappa shape index (κ1) is 12.6. The fraction of sp³-hybridized carbons (Fsp3) is 0.857. The number of rotatable bonds is 1. The number of esters is 1. The van der Waals surface area contributed by atoms with E-state index in [-0.39, 0.29) is 23.1 Å². The average Bonchev–Trinajstić information content (AvgIpc) is 2.72. The molecule has 2 saturated carbocycles. The Morgan fingerprint density at radius 2 is 1.94 bits per heavy atom. The Balaban J connectivity index is 2.10. The van der Waals surface area contributed by atoms with Gasteiger partial charge in [0, 0.05) is 12.3 Å². The van der Waals surface area contributed by atoms with Crippen molar-refractivity contribution < 1.29 is 14.3 Å². The molecule has 0 spiro atoms. The summed E-state index contributed by atoms with van der Waals surface area (Å²) in [5, 5.41) is 0. The van der Waals surface area contributed by atoms with Gasteiger partial charge in [-0.15, -0.1) is 0 Å². The zero-order chi connectivity index (χ0) is 13.0. The summed E-state index contributed by atoms with van der Waals surface area (Å²) < 4.78 is 5.47. The molecule has 3 atom stereocenters. The smallest absolute Gasteiger partial charge is 0.311 e. The first-order valence-electron chi connectivity index (χ1n) is 6.39. The van der Waals surface area contributed by atoms with Gasteiger partial charge in [-0.1, -0.05) is 13.8 Å². The van der Waals surface area contributed by atoms with E-state index in [1.165, 1.54) is 0 Å². The van der Waals surface area contributed by atoms with Crippen molar-refractivity contribution in [2.75, 3.05) is 0 Å². The predicted molar refractivity (Wildman–Crippen MR) is 64.3 cm³/mol. The fourth-order valence-electron chi connectivity index (χ4n) is 3.01. The SMILES string of the molecule is CC(C)(C)C(=O)O[C@@H]1C(=O)CC[C@@H]2[C@H]1C2(C)C. The lowest BCUT2D eigenvalue weighted by Gasteiger charge is -2.25. The normalized spacial score (nSPS) is 35.1. The maximum absolute atomic E-state index is 11.9. The van der Waals surface area contributed by atoms with Crippen LogP contribution in [0.5, 0.6) is 0 Å². The molecule has 17 heavy (non-hydrogen) atoms. The largest absolute Gasteiger partial charge is 0.454 e. The molecule has 0 aromatic carbocycles. The van der Waals surface area contributed by atoms with Crippen LogP contribution < -0.4 is 0 Å². The first-order chi connectivity index (χ1) is 7.65. The minimum Gasteiger partial charge on any atom is -0.454 e. The Hall–Kier alpha value is -0.860. The molecule has 2 fully saturated rings. The number of ether oxygens (including phenoxy) is 1. The standard InChI is InChI=1S/C14H22O3/c1-13(2,3)12(16)17-11-9(15)7-6-8-10(11)14(8,4)5/h8,10-11H,6-7H2,1-5H3/t8-,10-,11-/m1/s1. The Morgan fingerprint density at radius 1 is 1.35 bits per heavy atom. The van der Waals surface area contributed by atoms with Crippen molar-refractivity contribution in [1.82, 2.24) is 0 Å². The van der Waals surface area contributed by atoms with Crippen molar-refractivity contribution in [2.24, 2.45) is 22.7 Å². The number of hydrogen-bond acceptors (Lipinski definition) is 3. The molecule has 0 unspecified atom stereocenters. The lowest BCUT2D eigenvalue weighted by Crippen LogP contribution is -2.37. The van der Waals surface area contributed by atoms with E-state index in [2.05, 4.69) is 13.8 Å². The van der Waals surface area contributed by atoms with Crippen LogP contribution in [0.3, 0.4) is 0 Å². The molecule has 0 bridgehead atoms. The summed E-state index contributed by atoms with van der Waals surface area (Å²) in [6.45, 7) is 9.78. The van der Waals surface area contributed by atoms with E-state index < -0.39 is 11.5 Å². The Bertz CT molecular complexity index is 362. The van der Waals surface area contributed by atoms with Crippen molar-refractivity contribution in [2.45, 2.75) is 53.6 Å². The Morgan fingerprint density at radius 3 is 2.47 bits per heavy atom. The molecule has 0 amide bonds. The highest BCUT2D eigenvalue weighted by Crippen LogP contribution is 2.64. The third kappa shape index (κ3) is 2.00. The molecule has 0 heterocycles. The monoisotopic (exact) mass is 238 g/mol. The van der Waals surface area contributed by atoms with Crippen LogP contribution in [0.2, 0.25) is 0 Å². The number of carbonyl (C=O) groups is 2. The molecule has 3 heteroatoms. The van der Waals surface area contributed by atoms with E-state index in [0.717, 1.165) is 6.42 Å². The van der Waals surface area contributed by atoms with Crippen molar-refractivity contribution >= 4 is 11.8 Å². The van der Waals surface area contributed by atoms with E-state index in [4.69, 9.17) is 4.74 Å². The van der Waals surface area contributed by atoms with Crippen LogP contribution in [0.1, 0.15) is 47.5 Å². The van der Waals surface area contributed by atoms with Crippen LogP contribution in [0.4, 0.5) is 0 Å². The van der Waals surface area contributed by atoms with Gasteiger partial charge in [-0.25, -0.2) is 0 Å². The molecule has 2 rings (SSSR count). The van der Waals surface area contributed by atoms with E-state index in [1.807, 2.05) is 20.8 Å². The second kappa shape index (κ2) is 3.56. The van der Waals surface area contributed by atoms with Gasteiger partial charge in [0.05, 0.1) is 5.41 Å². The molecule has 2 aliphatic rings. The minimum absolute atomic E-state index is 0.106. The summed E-state index contributed by atoms with van der Waals surface area (Å²) in [7, 11) is 0. The lowest BCUT2D eigenvalue weighted by molar-refractivity contribution is -0.165. The molecule has 96 valence electrons. The average molecular weight is 238 g/mol. The molecule has 0 radical (unpaired) electrons. The third-order valence-corrected chi connectivity index (χ3v) is 4.33. The molecule has 0 N–H and O–H groups in total. The van der Waals surface area contributed by atoms with Crippen molar-refractivity contribution in [3.8, 4) is 0 Å². The molecule has 0 aromatic heterocycles. The summed E-state index contributed by atoms with van der Waals surface area (Å²) in [4.78, 5) is 23.8. The van der Waals surface area contributed by atoms with E-state index in [0.29, 0.717) is 12.3 Å². The molecular weight excluding hydrogens is 216 g/mol. The molecular formula is C14H22O3. The number of ketones is 1. The molecule has 0 aliphatic heterocycles.